The van der Waals surface area contributed by atoms with Crippen LogP contribution in [0.4, 0.5) is 17.1 Å². The van der Waals surface area contributed by atoms with Crippen LogP contribution in [0, 0.1) is 0 Å². The van der Waals surface area contributed by atoms with E-state index in [0.717, 1.165) is 55.5 Å². The second-order valence-corrected chi connectivity index (χ2v) is 14.7. The highest BCUT2D eigenvalue weighted by molar-refractivity contribution is 7.26. The van der Waals surface area contributed by atoms with Crippen LogP contribution in [0.25, 0.3) is 85.9 Å². The van der Waals surface area contributed by atoms with Crippen molar-refractivity contribution in [3.05, 3.63) is 188 Å². The molecule has 11 rings (SSSR count). The fraction of sp³-hybridized carbons (Fsp3) is 0. The molecule has 0 unspecified atom stereocenters. The zero-order chi connectivity index (χ0) is 34.9. The van der Waals surface area contributed by atoms with Crippen LogP contribution in [0.3, 0.4) is 0 Å². The van der Waals surface area contributed by atoms with Gasteiger partial charge in [0.05, 0.1) is 16.1 Å². The van der Waals surface area contributed by atoms with E-state index in [0.29, 0.717) is 0 Å². The van der Waals surface area contributed by atoms with Crippen LogP contribution in [0.2, 0.25) is 0 Å². The monoisotopic (exact) mass is 693 g/mol. The number of anilines is 3. The lowest BCUT2D eigenvalue weighted by molar-refractivity contribution is 0.674. The summed E-state index contributed by atoms with van der Waals surface area (Å²) in [6, 6.07) is 67.9. The van der Waals surface area contributed by atoms with E-state index in [9.17, 15) is 0 Å². The fourth-order valence-electron chi connectivity index (χ4n) is 8.22. The molecule has 3 heteroatoms. The van der Waals surface area contributed by atoms with Crippen LogP contribution in [-0.4, -0.2) is 0 Å². The van der Waals surface area contributed by atoms with Crippen molar-refractivity contribution in [3.8, 4) is 22.3 Å². The highest BCUT2D eigenvalue weighted by Crippen LogP contribution is 2.49. The van der Waals surface area contributed by atoms with Crippen molar-refractivity contribution in [1.82, 2.24) is 0 Å². The topological polar surface area (TPSA) is 16.4 Å². The third-order valence-corrected chi connectivity index (χ3v) is 11.9. The maximum Gasteiger partial charge on any atom is 0.143 e. The van der Waals surface area contributed by atoms with Gasteiger partial charge in [0, 0.05) is 48.4 Å². The number of furan rings is 1. The van der Waals surface area contributed by atoms with Crippen molar-refractivity contribution in [3.63, 3.8) is 0 Å². The molecular formula is C50H31NOS. The fourth-order valence-corrected chi connectivity index (χ4v) is 9.42. The van der Waals surface area contributed by atoms with Gasteiger partial charge in [0.2, 0.25) is 0 Å². The molecule has 0 spiro atoms. The van der Waals surface area contributed by atoms with E-state index in [1.807, 2.05) is 11.3 Å². The van der Waals surface area contributed by atoms with Crippen LogP contribution >= 0.6 is 11.3 Å². The van der Waals surface area contributed by atoms with Crippen molar-refractivity contribution in [2.75, 3.05) is 4.90 Å². The molecule has 0 N–H and O–H groups in total. The number of nitrogens with zero attached hydrogens (tertiary/aromatic N) is 1. The Kier molecular flexibility index (Phi) is 6.76. The minimum atomic E-state index is 0.901. The van der Waals surface area contributed by atoms with Crippen LogP contribution in [0.15, 0.2) is 192 Å². The van der Waals surface area contributed by atoms with Crippen LogP contribution < -0.4 is 4.90 Å². The molecule has 0 atom stereocenters. The van der Waals surface area contributed by atoms with Crippen LogP contribution in [-0.2, 0) is 0 Å². The molecule has 0 aliphatic rings. The molecule has 248 valence electrons. The van der Waals surface area contributed by atoms with E-state index in [1.54, 1.807) is 0 Å². The SMILES string of the molecule is c1ccc(N(c2ccc(-c3cccc4ccccc34)cc2)c2cccc3c2sc2ccccc23)c(-c2cccc3c2oc2c4ccccc4ccc32)c1. The number of para-hydroxylation sites is 2. The average Bonchev–Trinajstić information content (AvgIpc) is 3.81. The molecule has 9 aromatic carbocycles. The zero-order valence-electron chi connectivity index (χ0n) is 28.7. The number of benzene rings is 9. The highest BCUT2D eigenvalue weighted by atomic mass is 32.1. The highest BCUT2D eigenvalue weighted by Gasteiger charge is 2.23. The molecule has 11 aromatic rings. The third-order valence-electron chi connectivity index (χ3n) is 10.7. The van der Waals surface area contributed by atoms with Gasteiger partial charge in [-0.05, 0) is 63.7 Å². The molecule has 0 fully saturated rings. The van der Waals surface area contributed by atoms with Gasteiger partial charge in [-0.3, -0.25) is 0 Å². The minimum Gasteiger partial charge on any atom is -0.455 e. The molecule has 2 nitrogen and oxygen atoms in total. The normalized spacial score (nSPS) is 11.8. The molecule has 2 aromatic heterocycles. The van der Waals surface area contributed by atoms with Crippen LogP contribution in [0.1, 0.15) is 0 Å². The maximum absolute atomic E-state index is 6.89. The molecule has 0 aliphatic heterocycles. The molecule has 0 saturated heterocycles. The van der Waals surface area contributed by atoms with Crippen molar-refractivity contribution in [2.45, 2.75) is 0 Å². The first-order valence-electron chi connectivity index (χ1n) is 18.0. The molecule has 2 heterocycles. The van der Waals surface area contributed by atoms with Gasteiger partial charge in [0.25, 0.3) is 0 Å². The lowest BCUT2D eigenvalue weighted by Crippen LogP contribution is -2.11. The summed E-state index contributed by atoms with van der Waals surface area (Å²) >= 11 is 1.86. The Hall–Kier alpha value is -6.68. The Labute approximate surface area is 310 Å². The van der Waals surface area contributed by atoms with Gasteiger partial charge in [0.15, 0.2) is 0 Å². The second-order valence-electron chi connectivity index (χ2n) is 13.6. The first-order chi connectivity index (χ1) is 26.3. The van der Waals surface area contributed by atoms with Gasteiger partial charge >= 0.3 is 0 Å². The van der Waals surface area contributed by atoms with E-state index in [2.05, 4.69) is 193 Å². The predicted molar refractivity (Wildman–Crippen MR) is 227 cm³/mol. The second kappa shape index (κ2) is 11.9. The molecule has 53 heavy (non-hydrogen) atoms. The standard InChI is InChI=1S/C50H31NOS/c1-3-15-36-32(12-1)14-9-19-37(36)34-26-29-35(30-27-34)51(46-24-11-22-44-40-18-6-8-25-47(40)53-50(44)46)45-23-7-5-17-39(45)41-20-10-21-42-43-31-28-33-13-2-4-16-38(33)48(43)52-49(41)42/h1-31H. The van der Waals surface area contributed by atoms with Gasteiger partial charge in [-0.2, -0.15) is 0 Å². The smallest absolute Gasteiger partial charge is 0.143 e. The number of thiophene rings is 1. The third kappa shape index (κ3) is 4.71. The summed E-state index contributed by atoms with van der Waals surface area (Å²) in [6.07, 6.45) is 0. The Bertz CT molecular complexity index is 3180. The summed E-state index contributed by atoms with van der Waals surface area (Å²) in [5.74, 6) is 0. The number of fused-ring (bicyclic) bond motifs is 9. The molecule has 0 bridgehead atoms. The summed E-state index contributed by atoms with van der Waals surface area (Å²) in [7, 11) is 0. The summed E-state index contributed by atoms with van der Waals surface area (Å²) in [5, 5.41) is 9.61. The number of hydrogen-bond acceptors (Lipinski definition) is 3. The van der Waals surface area contributed by atoms with E-state index in [4.69, 9.17) is 4.42 Å². The zero-order valence-corrected chi connectivity index (χ0v) is 29.5. The average molecular weight is 694 g/mol. The largest absolute Gasteiger partial charge is 0.455 e. The van der Waals surface area contributed by atoms with E-state index in [1.165, 1.54) is 47.5 Å². The number of rotatable bonds is 5. The van der Waals surface area contributed by atoms with Crippen LogP contribution in [0.5, 0.6) is 0 Å². The van der Waals surface area contributed by atoms with E-state index in [-0.39, 0.29) is 0 Å². The molecule has 0 aliphatic carbocycles. The Morgan fingerprint density at radius 1 is 0.358 bits per heavy atom. The van der Waals surface area contributed by atoms with Gasteiger partial charge < -0.3 is 9.32 Å². The maximum atomic E-state index is 6.89. The molecule has 0 saturated carbocycles. The Morgan fingerprint density at radius 3 is 1.83 bits per heavy atom. The minimum absolute atomic E-state index is 0.901. The Morgan fingerprint density at radius 2 is 0.943 bits per heavy atom. The van der Waals surface area contributed by atoms with Gasteiger partial charge in [-0.25, -0.2) is 0 Å². The van der Waals surface area contributed by atoms with Gasteiger partial charge in [0.1, 0.15) is 11.2 Å². The van der Waals surface area contributed by atoms with Crippen molar-refractivity contribution < 1.29 is 4.42 Å². The first kappa shape index (κ1) is 30.0. The summed E-state index contributed by atoms with van der Waals surface area (Å²) < 4.78 is 9.44. The van der Waals surface area contributed by atoms with E-state index < -0.39 is 0 Å². The lowest BCUT2D eigenvalue weighted by atomic mass is 9.97. The van der Waals surface area contributed by atoms with Crippen molar-refractivity contribution in [1.29, 1.82) is 0 Å². The lowest BCUT2D eigenvalue weighted by Gasteiger charge is -2.28. The quantitative estimate of drug-likeness (QED) is 0.178. The van der Waals surface area contributed by atoms with Crippen molar-refractivity contribution in [2.24, 2.45) is 0 Å². The predicted octanol–water partition coefficient (Wildman–Crippen LogP) is 15.1. The summed E-state index contributed by atoms with van der Waals surface area (Å²) in [4.78, 5) is 2.44. The molecule has 0 amide bonds. The van der Waals surface area contributed by atoms with E-state index >= 15 is 0 Å². The first-order valence-corrected chi connectivity index (χ1v) is 18.8. The summed E-state index contributed by atoms with van der Waals surface area (Å²) in [6.45, 7) is 0. The Balaban J connectivity index is 1.15. The van der Waals surface area contributed by atoms with Gasteiger partial charge in [-0.15, -0.1) is 11.3 Å². The summed E-state index contributed by atoms with van der Waals surface area (Å²) in [5.41, 5.74) is 9.77. The molecule has 0 radical (unpaired) electrons. The van der Waals surface area contributed by atoms with Gasteiger partial charge in [-0.1, -0.05) is 152 Å². The number of hydrogen-bond donors (Lipinski definition) is 0. The van der Waals surface area contributed by atoms with Crippen molar-refractivity contribution >= 4 is 92.1 Å². The molecular weight excluding hydrogens is 663 g/mol.